The number of carboxylic acid groups (broad SMARTS) is 1. The Morgan fingerprint density at radius 2 is 2.05 bits per heavy atom. The second-order valence-corrected chi connectivity index (χ2v) is 6.74. The van der Waals surface area contributed by atoms with E-state index in [0.29, 0.717) is 10.0 Å². The fraction of sp³-hybridized carbons (Fsp3) is 0.417. The quantitative estimate of drug-likeness (QED) is 0.572. The van der Waals surface area contributed by atoms with Gasteiger partial charge in [-0.25, -0.2) is 17.9 Å². The van der Waals surface area contributed by atoms with Gasteiger partial charge in [0.25, 0.3) is 0 Å². The van der Waals surface area contributed by atoms with Crippen LogP contribution < -0.4 is 4.72 Å². The number of ether oxygens (including phenoxy) is 1. The van der Waals surface area contributed by atoms with Crippen molar-refractivity contribution in [3.05, 3.63) is 27.7 Å². The van der Waals surface area contributed by atoms with Gasteiger partial charge in [0, 0.05) is 11.0 Å². The van der Waals surface area contributed by atoms with Gasteiger partial charge in [-0.1, -0.05) is 15.9 Å². The monoisotopic (exact) mass is 381 g/mol. The molecule has 1 aromatic carbocycles. The van der Waals surface area contributed by atoms with Gasteiger partial charge in [-0.2, -0.15) is 0 Å². The Morgan fingerprint density at radius 3 is 2.62 bits per heavy atom. The van der Waals surface area contributed by atoms with E-state index in [9.17, 15) is 13.2 Å². The van der Waals surface area contributed by atoms with Crippen LogP contribution in [0.2, 0.25) is 0 Å². The van der Waals surface area contributed by atoms with Gasteiger partial charge in [-0.3, -0.25) is 0 Å². The average Bonchev–Trinajstić information content (AvgIpc) is 2.40. The Kier molecular flexibility index (Phi) is 6.75. The summed E-state index contributed by atoms with van der Waals surface area (Å²) in [6.07, 6.45) is 0. The van der Waals surface area contributed by atoms with E-state index in [0.717, 1.165) is 6.07 Å². The zero-order valence-corrected chi connectivity index (χ0v) is 13.7. The number of carbonyl (C=O) groups is 1. The maximum absolute atomic E-state index is 12.1. The van der Waals surface area contributed by atoms with E-state index in [1.165, 1.54) is 6.07 Å². The molecule has 7 nitrogen and oxygen atoms in total. The molecule has 1 aromatic rings. The first-order valence-corrected chi connectivity index (χ1v) is 8.29. The molecule has 0 unspecified atom stereocenters. The summed E-state index contributed by atoms with van der Waals surface area (Å²) in [6.45, 7) is 1.70. The Hall–Kier alpha value is -1.00. The van der Waals surface area contributed by atoms with Gasteiger partial charge in [0.2, 0.25) is 10.0 Å². The van der Waals surface area contributed by atoms with Gasteiger partial charge in [-0.15, -0.1) is 0 Å². The van der Waals surface area contributed by atoms with Crippen molar-refractivity contribution < 1.29 is 28.2 Å². The molecular weight excluding hydrogens is 366 g/mol. The van der Waals surface area contributed by atoms with Crippen molar-refractivity contribution in [3.63, 3.8) is 0 Å². The van der Waals surface area contributed by atoms with Crippen LogP contribution in [0.25, 0.3) is 0 Å². The highest BCUT2D eigenvalue weighted by Crippen LogP contribution is 2.24. The topological polar surface area (TPSA) is 113 Å². The van der Waals surface area contributed by atoms with Crippen LogP contribution in [0.3, 0.4) is 0 Å². The summed E-state index contributed by atoms with van der Waals surface area (Å²) in [7, 11) is -3.83. The number of sulfonamides is 1. The van der Waals surface area contributed by atoms with Gasteiger partial charge in [-0.05, 0) is 24.6 Å². The number of benzene rings is 1. The van der Waals surface area contributed by atoms with Crippen LogP contribution >= 0.6 is 15.9 Å². The van der Waals surface area contributed by atoms with Crippen molar-refractivity contribution in [3.8, 4) is 0 Å². The molecule has 9 heteroatoms. The van der Waals surface area contributed by atoms with Crippen molar-refractivity contribution in [2.24, 2.45) is 0 Å². The maximum atomic E-state index is 12.1. The van der Waals surface area contributed by atoms with Crippen molar-refractivity contribution in [1.82, 2.24) is 4.72 Å². The molecule has 0 amide bonds. The standard InChI is InChI=1S/C12H16BrNO6S/c1-8-10(12(16)17)6-9(7-11(8)13)21(18,19)14-2-4-20-5-3-15/h6-7,14-15H,2-5H2,1H3,(H,16,17). The summed E-state index contributed by atoms with van der Waals surface area (Å²) in [5.74, 6) is -1.20. The van der Waals surface area contributed by atoms with Gasteiger partial charge in [0.05, 0.1) is 30.3 Å². The Labute approximate surface area is 131 Å². The zero-order valence-electron chi connectivity index (χ0n) is 11.3. The van der Waals surface area contributed by atoms with E-state index >= 15 is 0 Å². The molecular formula is C12H16BrNO6S. The Balaban J connectivity index is 2.91. The second-order valence-electron chi connectivity index (χ2n) is 4.12. The number of aliphatic hydroxyl groups is 1. The first-order valence-electron chi connectivity index (χ1n) is 6.01. The van der Waals surface area contributed by atoms with Crippen LogP contribution in [0.4, 0.5) is 0 Å². The van der Waals surface area contributed by atoms with E-state index in [4.69, 9.17) is 14.9 Å². The summed E-state index contributed by atoms with van der Waals surface area (Å²) >= 11 is 3.15. The predicted molar refractivity (Wildman–Crippen MR) is 78.9 cm³/mol. The van der Waals surface area contributed by atoms with Crippen LogP contribution in [0.1, 0.15) is 15.9 Å². The minimum absolute atomic E-state index is 0.0240. The molecule has 0 radical (unpaired) electrons. The molecule has 0 aliphatic heterocycles. The fourth-order valence-corrected chi connectivity index (χ4v) is 3.21. The first kappa shape index (κ1) is 18.1. The number of aliphatic hydroxyl groups excluding tert-OH is 1. The van der Waals surface area contributed by atoms with Crippen LogP contribution in [0.15, 0.2) is 21.5 Å². The molecule has 0 aromatic heterocycles. The highest BCUT2D eigenvalue weighted by atomic mass is 79.9. The summed E-state index contributed by atoms with van der Waals surface area (Å²) in [6, 6.07) is 2.46. The van der Waals surface area contributed by atoms with Gasteiger partial charge >= 0.3 is 5.97 Å². The van der Waals surface area contributed by atoms with Gasteiger partial charge in [0.1, 0.15) is 0 Å². The SMILES string of the molecule is Cc1c(Br)cc(S(=O)(=O)NCCOCCO)cc1C(=O)O. The van der Waals surface area contributed by atoms with Crippen molar-refractivity contribution in [1.29, 1.82) is 0 Å². The summed E-state index contributed by atoms with van der Waals surface area (Å²) < 4.78 is 31.8. The third kappa shape index (κ3) is 5.04. The molecule has 0 aliphatic carbocycles. The number of nitrogens with one attached hydrogen (secondary N) is 1. The predicted octanol–water partition coefficient (Wildman–Crippen LogP) is 0.743. The van der Waals surface area contributed by atoms with Crippen molar-refractivity contribution in [2.45, 2.75) is 11.8 Å². The van der Waals surface area contributed by atoms with Crippen LogP contribution in [-0.4, -0.2) is 51.0 Å². The second kappa shape index (κ2) is 7.85. The van der Waals surface area contributed by atoms with E-state index in [1.54, 1.807) is 6.92 Å². The minimum atomic E-state index is -3.83. The molecule has 118 valence electrons. The van der Waals surface area contributed by atoms with Crippen LogP contribution in [0.5, 0.6) is 0 Å². The van der Waals surface area contributed by atoms with E-state index < -0.39 is 16.0 Å². The minimum Gasteiger partial charge on any atom is -0.478 e. The number of halogens is 1. The molecule has 0 saturated heterocycles. The molecule has 0 saturated carbocycles. The highest BCUT2D eigenvalue weighted by Gasteiger charge is 2.19. The van der Waals surface area contributed by atoms with Crippen molar-refractivity contribution >= 4 is 31.9 Å². The van der Waals surface area contributed by atoms with Crippen molar-refractivity contribution in [2.75, 3.05) is 26.4 Å². The smallest absolute Gasteiger partial charge is 0.336 e. The van der Waals surface area contributed by atoms with E-state index in [2.05, 4.69) is 20.7 Å². The lowest BCUT2D eigenvalue weighted by Gasteiger charge is -2.10. The fourth-order valence-electron chi connectivity index (χ4n) is 1.53. The molecule has 0 fully saturated rings. The molecule has 0 aliphatic rings. The number of carboxylic acids is 1. The molecule has 0 atom stereocenters. The molecule has 21 heavy (non-hydrogen) atoms. The number of hydrogen-bond donors (Lipinski definition) is 3. The lowest BCUT2D eigenvalue weighted by Crippen LogP contribution is -2.28. The Morgan fingerprint density at radius 1 is 1.38 bits per heavy atom. The lowest BCUT2D eigenvalue weighted by molar-refractivity contribution is 0.0695. The highest BCUT2D eigenvalue weighted by molar-refractivity contribution is 9.10. The zero-order chi connectivity index (χ0) is 16.0. The van der Waals surface area contributed by atoms with Gasteiger partial charge < -0.3 is 14.9 Å². The summed E-state index contributed by atoms with van der Waals surface area (Å²) in [5, 5.41) is 17.6. The average molecular weight is 382 g/mol. The number of rotatable bonds is 8. The number of hydrogen-bond acceptors (Lipinski definition) is 5. The summed E-state index contributed by atoms with van der Waals surface area (Å²) in [4.78, 5) is 11.0. The maximum Gasteiger partial charge on any atom is 0.336 e. The normalized spacial score (nSPS) is 11.6. The lowest BCUT2D eigenvalue weighted by atomic mass is 10.1. The molecule has 3 N–H and O–H groups in total. The largest absolute Gasteiger partial charge is 0.478 e. The first-order chi connectivity index (χ1) is 9.79. The molecule has 0 spiro atoms. The van der Waals surface area contributed by atoms with Crippen LogP contribution in [0, 0.1) is 6.92 Å². The van der Waals surface area contributed by atoms with E-state index in [1.807, 2.05) is 0 Å². The molecule has 0 bridgehead atoms. The van der Waals surface area contributed by atoms with Crippen LogP contribution in [-0.2, 0) is 14.8 Å². The molecule has 0 heterocycles. The molecule has 1 rings (SSSR count). The third-order valence-corrected chi connectivity index (χ3v) is 4.90. The Bertz CT molecular complexity index is 616. The van der Waals surface area contributed by atoms with E-state index in [-0.39, 0.29) is 36.8 Å². The third-order valence-electron chi connectivity index (χ3n) is 2.63. The van der Waals surface area contributed by atoms with Gasteiger partial charge in [0.15, 0.2) is 0 Å². The number of aromatic carboxylic acids is 1. The summed E-state index contributed by atoms with van der Waals surface area (Å²) in [5.41, 5.74) is 0.369.